The second kappa shape index (κ2) is 19.6. The van der Waals surface area contributed by atoms with Gasteiger partial charge in [-0.05, 0) is 87.2 Å². The Labute approximate surface area is 353 Å². The molecule has 0 unspecified atom stereocenters. The summed E-state index contributed by atoms with van der Waals surface area (Å²) in [6.45, 7) is 6.74. The number of amides is 4. The van der Waals surface area contributed by atoms with Crippen LogP contribution in [0.2, 0.25) is 5.02 Å². The van der Waals surface area contributed by atoms with Gasteiger partial charge in [-0.3, -0.25) is 19.4 Å². The maximum Gasteiger partial charge on any atom is 0.418 e. The average molecular weight is 862 g/mol. The number of nitrogens with zero attached hydrogens (tertiary/aromatic N) is 5. The third-order valence-electron chi connectivity index (χ3n) is 12.5. The molecule has 4 saturated heterocycles. The third kappa shape index (κ3) is 10.6. The molecule has 4 amide bonds. The number of anilines is 2. The van der Waals surface area contributed by atoms with Crippen LogP contribution in [0.4, 0.5) is 34.1 Å². The van der Waals surface area contributed by atoms with Gasteiger partial charge in [-0.15, -0.1) is 0 Å². The summed E-state index contributed by atoms with van der Waals surface area (Å²) in [5.74, 6) is -0.763. The molecule has 5 aliphatic rings. The highest BCUT2D eigenvalue weighted by molar-refractivity contribution is 6.33. The Morgan fingerprint density at radius 2 is 1.62 bits per heavy atom. The maximum atomic E-state index is 14.2. The molecule has 2 atom stereocenters. The van der Waals surface area contributed by atoms with Gasteiger partial charge in [0.1, 0.15) is 6.04 Å². The van der Waals surface area contributed by atoms with E-state index in [1.54, 1.807) is 9.80 Å². The highest BCUT2D eigenvalue weighted by Gasteiger charge is 2.41. The fourth-order valence-corrected chi connectivity index (χ4v) is 9.44. The van der Waals surface area contributed by atoms with Gasteiger partial charge >= 0.3 is 24.3 Å². The standard InChI is InChI=1S/C42H55ClF3N7O7/c43-33-26-28(25-32(37(33)47)42(44,45)46)27-36(60-41(57)51-17-11-31(12-18-51)53-19-8-29-5-1-2-6-34(29)48-40(53)56)38(54)50-15-9-30(10-16-50)52-14-3-7-35(52)39(55)59-22-4-13-49-20-23-58-24-21-49/h1-2,5-6,25-26,30-31,35-36H,3-4,7-24,27,47H2,(H,48,56)/t35-,36-/m1/s1. The van der Waals surface area contributed by atoms with Crippen LogP contribution in [-0.4, -0.2) is 151 Å². The number of hydrogen-bond acceptors (Lipinski definition) is 10. The summed E-state index contributed by atoms with van der Waals surface area (Å²) in [7, 11) is 0. The lowest BCUT2D eigenvalue weighted by atomic mass is 9.99. The fourth-order valence-electron chi connectivity index (χ4n) is 9.20. The van der Waals surface area contributed by atoms with E-state index in [1.165, 1.54) is 11.0 Å². The number of halogens is 4. The van der Waals surface area contributed by atoms with Crippen molar-refractivity contribution in [3.05, 3.63) is 58.1 Å². The zero-order valence-electron chi connectivity index (χ0n) is 33.8. The van der Waals surface area contributed by atoms with E-state index in [4.69, 9.17) is 31.5 Å². The van der Waals surface area contributed by atoms with Gasteiger partial charge in [-0.1, -0.05) is 29.8 Å². The van der Waals surface area contributed by atoms with E-state index in [-0.39, 0.29) is 60.2 Å². The van der Waals surface area contributed by atoms with Crippen molar-refractivity contribution >= 4 is 47.0 Å². The second-order valence-electron chi connectivity index (χ2n) is 16.3. The number of nitrogens with two attached hydrogens (primary N) is 1. The Balaban J connectivity index is 0.967. The number of rotatable bonds is 11. The molecule has 3 N–H and O–H groups in total. The molecule has 18 heteroatoms. The molecule has 5 aliphatic heterocycles. The van der Waals surface area contributed by atoms with E-state index in [2.05, 4.69) is 15.1 Å². The zero-order chi connectivity index (χ0) is 42.4. The van der Waals surface area contributed by atoms with Crippen molar-refractivity contribution < 1.29 is 46.6 Å². The van der Waals surface area contributed by atoms with Crippen LogP contribution in [0.3, 0.4) is 0 Å². The van der Waals surface area contributed by atoms with Gasteiger partial charge in [-0.2, -0.15) is 13.2 Å². The number of carbonyl (C=O) groups is 4. The van der Waals surface area contributed by atoms with Crippen LogP contribution in [0.25, 0.3) is 0 Å². The van der Waals surface area contributed by atoms with E-state index in [1.807, 2.05) is 24.3 Å². The van der Waals surface area contributed by atoms with Crippen LogP contribution in [0.1, 0.15) is 61.6 Å². The highest BCUT2D eigenvalue weighted by atomic mass is 35.5. The molecule has 328 valence electrons. The first-order chi connectivity index (χ1) is 28.9. The number of nitrogen functional groups attached to an aromatic ring is 1. The molecule has 7 rings (SSSR count). The van der Waals surface area contributed by atoms with Gasteiger partial charge in [0.25, 0.3) is 5.91 Å². The van der Waals surface area contributed by atoms with Crippen LogP contribution in [0.5, 0.6) is 0 Å². The number of hydrogen-bond donors (Lipinski definition) is 2. The third-order valence-corrected chi connectivity index (χ3v) is 12.8. The quantitative estimate of drug-likeness (QED) is 0.174. The average Bonchev–Trinajstić information content (AvgIpc) is 3.67. The summed E-state index contributed by atoms with van der Waals surface area (Å²) in [5, 5.41) is 2.66. The molecule has 0 bridgehead atoms. The molecular weight excluding hydrogens is 807 g/mol. The second-order valence-corrected chi connectivity index (χ2v) is 16.7. The molecule has 4 fully saturated rings. The normalized spacial score (nSPS) is 21.9. The monoisotopic (exact) mass is 861 g/mol. The lowest BCUT2D eigenvalue weighted by Crippen LogP contribution is -2.53. The molecule has 0 aliphatic carbocycles. The van der Waals surface area contributed by atoms with Gasteiger partial charge in [0.05, 0.1) is 36.1 Å². The Morgan fingerprint density at radius 1 is 0.917 bits per heavy atom. The number of carbonyl (C=O) groups excluding carboxylic acids is 4. The lowest BCUT2D eigenvalue weighted by molar-refractivity contribution is -0.151. The Hall–Kier alpha value is -4.32. The molecule has 14 nitrogen and oxygen atoms in total. The topological polar surface area (TPSA) is 150 Å². The van der Waals surface area contributed by atoms with Crippen LogP contribution < -0.4 is 11.1 Å². The minimum Gasteiger partial charge on any atom is -0.464 e. The Kier molecular flexibility index (Phi) is 14.3. The maximum absolute atomic E-state index is 14.2. The first-order valence-corrected chi connectivity index (χ1v) is 21.5. The van der Waals surface area contributed by atoms with Gasteiger partial charge < -0.3 is 40.0 Å². The summed E-state index contributed by atoms with van der Waals surface area (Å²) in [6, 6.07) is 9.09. The number of alkyl halides is 3. The van der Waals surface area contributed by atoms with E-state index in [0.717, 1.165) is 56.3 Å². The summed E-state index contributed by atoms with van der Waals surface area (Å²) in [6.07, 6.45) is -2.33. The van der Waals surface area contributed by atoms with Crippen molar-refractivity contribution in [1.82, 2.24) is 24.5 Å². The van der Waals surface area contributed by atoms with Crippen molar-refractivity contribution in [2.24, 2.45) is 0 Å². The molecule has 2 aromatic rings. The van der Waals surface area contributed by atoms with E-state index in [9.17, 15) is 32.3 Å². The zero-order valence-corrected chi connectivity index (χ0v) is 34.6. The summed E-state index contributed by atoms with van der Waals surface area (Å²) in [5.41, 5.74) is 5.79. The van der Waals surface area contributed by atoms with Gasteiger partial charge in [-0.25, -0.2) is 9.59 Å². The summed E-state index contributed by atoms with van der Waals surface area (Å²) in [4.78, 5) is 63.6. The number of morpholine rings is 1. The predicted molar refractivity (Wildman–Crippen MR) is 217 cm³/mol. The molecule has 0 radical (unpaired) electrons. The molecule has 0 saturated carbocycles. The van der Waals surface area contributed by atoms with Crippen LogP contribution >= 0.6 is 11.6 Å². The predicted octanol–water partition coefficient (Wildman–Crippen LogP) is 5.26. The molecule has 2 aromatic carbocycles. The lowest BCUT2D eigenvalue weighted by Gasteiger charge is -2.40. The van der Waals surface area contributed by atoms with Crippen molar-refractivity contribution in [3.63, 3.8) is 0 Å². The van der Waals surface area contributed by atoms with Crippen molar-refractivity contribution in [3.8, 4) is 0 Å². The van der Waals surface area contributed by atoms with E-state index < -0.39 is 35.5 Å². The van der Waals surface area contributed by atoms with Crippen LogP contribution in [0.15, 0.2) is 36.4 Å². The smallest absolute Gasteiger partial charge is 0.418 e. The number of benzene rings is 2. The number of esters is 1. The minimum atomic E-state index is -4.80. The van der Waals surface area contributed by atoms with Crippen molar-refractivity contribution in [1.29, 1.82) is 0 Å². The first kappa shape index (κ1) is 43.8. The van der Waals surface area contributed by atoms with E-state index in [0.29, 0.717) is 78.0 Å². The first-order valence-electron chi connectivity index (χ1n) is 21.1. The van der Waals surface area contributed by atoms with Crippen LogP contribution in [0, 0.1) is 0 Å². The van der Waals surface area contributed by atoms with E-state index >= 15 is 0 Å². The number of fused-ring (bicyclic) bond motifs is 1. The number of nitrogens with one attached hydrogen (secondary N) is 1. The molecule has 0 spiro atoms. The minimum absolute atomic E-state index is 0.0236. The van der Waals surface area contributed by atoms with Gasteiger partial charge in [0.2, 0.25) is 0 Å². The van der Waals surface area contributed by atoms with Crippen molar-refractivity contribution in [2.75, 3.05) is 89.8 Å². The van der Waals surface area contributed by atoms with Gasteiger partial charge in [0, 0.05) is 76.5 Å². The summed E-state index contributed by atoms with van der Waals surface area (Å²) >= 11 is 6.16. The Morgan fingerprint density at radius 3 is 2.35 bits per heavy atom. The number of ether oxygens (including phenoxy) is 3. The molecule has 0 aromatic heterocycles. The number of para-hydroxylation sites is 1. The number of piperidine rings is 2. The SMILES string of the molecule is Nc1c(Cl)cc(C[C@@H](OC(=O)N2CCC(N3CCc4ccccc4NC3=O)CC2)C(=O)N2CCC(N3CCC[C@@H]3C(=O)OCCCN3CCOCC3)CC2)cc1C(F)(F)F. The van der Waals surface area contributed by atoms with Crippen molar-refractivity contribution in [2.45, 2.75) is 88.2 Å². The largest absolute Gasteiger partial charge is 0.464 e. The molecular formula is C42H55ClF3N7O7. The Bertz CT molecular complexity index is 1850. The fraction of sp³-hybridized carbons (Fsp3) is 0.619. The highest BCUT2D eigenvalue weighted by Crippen LogP contribution is 2.38. The summed E-state index contributed by atoms with van der Waals surface area (Å²) < 4.78 is 58.9. The molecule has 5 heterocycles. The van der Waals surface area contributed by atoms with Crippen LogP contribution in [-0.2, 0) is 42.8 Å². The molecule has 60 heavy (non-hydrogen) atoms. The number of likely N-dealkylation sites (tertiary alicyclic amines) is 3. The number of urea groups is 1. The van der Waals surface area contributed by atoms with Gasteiger partial charge in [0.15, 0.2) is 6.10 Å².